The predicted octanol–water partition coefficient (Wildman–Crippen LogP) is -0.625. The molecule has 2 aliphatic heterocycles. The van der Waals surface area contributed by atoms with Gasteiger partial charge in [-0.05, 0) is 13.5 Å². The van der Waals surface area contributed by atoms with Gasteiger partial charge < -0.3 is 16.0 Å². The smallest absolute Gasteiger partial charge is 0.280 e. The molecule has 1 aromatic rings. The Morgan fingerprint density at radius 3 is 3.05 bits per heavy atom. The fourth-order valence-electron chi connectivity index (χ4n) is 2.80. The van der Waals surface area contributed by atoms with E-state index in [1.807, 2.05) is 7.05 Å². The van der Waals surface area contributed by atoms with Crippen molar-refractivity contribution in [3.8, 4) is 0 Å². The highest BCUT2D eigenvalue weighted by molar-refractivity contribution is 7.91. The first-order valence-electron chi connectivity index (χ1n) is 7.28. The highest BCUT2D eigenvalue weighted by Gasteiger charge is 2.33. The van der Waals surface area contributed by atoms with Gasteiger partial charge in [-0.2, -0.15) is 0 Å². The Morgan fingerprint density at radius 1 is 1.50 bits per heavy atom. The van der Waals surface area contributed by atoms with Crippen LogP contribution in [0.5, 0.6) is 0 Å². The second-order valence-corrected chi connectivity index (χ2v) is 9.34. The first-order valence-corrected chi connectivity index (χ1v) is 9.92. The minimum Gasteiger partial charge on any atom is -0.345 e. The molecule has 1 amide bonds. The van der Waals surface area contributed by atoms with Gasteiger partial charge in [0.15, 0.2) is 14.8 Å². The summed E-state index contributed by atoms with van der Waals surface area (Å²) in [5.74, 6) is -0.314. The molecule has 2 aliphatic rings. The Hall–Kier alpha value is -1.03. The molecule has 3 heterocycles. The fourth-order valence-corrected chi connectivity index (χ4v) is 5.56. The van der Waals surface area contributed by atoms with Gasteiger partial charge in [-0.25, -0.2) is 13.4 Å². The van der Waals surface area contributed by atoms with E-state index < -0.39 is 15.9 Å². The summed E-state index contributed by atoms with van der Waals surface area (Å²) in [5.41, 5.74) is 6.92. The van der Waals surface area contributed by atoms with Crippen molar-refractivity contribution in [3.63, 3.8) is 0 Å². The van der Waals surface area contributed by atoms with E-state index in [0.717, 1.165) is 30.1 Å². The Labute approximate surface area is 133 Å². The van der Waals surface area contributed by atoms with Gasteiger partial charge in [0.1, 0.15) is 0 Å². The van der Waals surface area contributed by atoms with Gasteiger partial charge in [-0.3, -0.25) is 4.79 Å². The molecule has 22 heavy (non-hydrogen) atoms. The number of fused-ring (bicyclic) bond motifs is 1. The number of hydrogen-bond donors (Lipinski definition) is 2. The zero-order valence-corrected chi connectivity index (χ0v) is 14.0. The van der Waals surface area contributed by atoms with Crippen LogP contribution >= 0.6 is 11.3 Å². The molecule has 0 aromatic carbocycles. The Bertz CT molecular complexity index is 685. The van der Waals surface area contributed by atoms with Crippen molar-refractivity contribution in [2.45, 2.75) is 31.5 Å². The minimum absolute atomic E-state index is 0.0895. The van der Waals surface area contributed by atoms with Gasteiger partial charge in [0.25, 0.3) is 5.91 Å². The number of thiazole rings is 1. The van der Waals surface area contributed by atoms with E-state index in [1.54, 1.807) is 0 Å². The molecule has 122 valence electrons. The second-order valence-electron chi connectivity index (χ2n) is 6.02. The SMILES string of the molecule is CN1CCc2nc(C(=O)N[C@H]3CS(=O)(=O)CC[C@@H]3N)sc2C1. The van der Waals surface area contributed by atoms with E-state index in [1.165, 1.54) is 11.3 Å². The largest absolute Gasteiger partial charge is 0.345 e. The lowest BCUT2D eigenvalue weighted by atomic mass is 10.1. The number of hydrogen-bond acceptors (Lipinski definition) is 7. The van der Waals surface area contributed by atoms with Gasteiger partial charge in [-0.1, -0.05) is 0 Å². The highest BCUT2D eigenvalue weighted by Crippen LogP contribution is 2.24. The molecule has 0 aliphatic carbocycles. The molecule has 3 N–H and O–H groups in total. The molecular formula is C13H20N4O3S2. The summed E-state index contributed by atoms with van der Waals surface area (Å²) >= 11 is 1.38. The van der Waals surface area contributed by atoms with Crippen LogP contribution in [0.4, 0.5) is 0 Å². The van der Waals surface area contributed by atoms with Crippen molar-refractivity contribution < 1.29 is 13.2 Å². The normalized spacial score (nSPS) is 28.1. The fraction of sp³-hybridized carbons (Fsp3) is 0.692. The molecule has 7 nitrogen and oxygen atoms in total. The van der Waals surface area contributed by atoms with Crippen LogP contribution in [0.2, 0.25) is 0 Å². The van der Waals surface area contributed by atoms with Gasteiger partial charge in [0.05, 0.1) is 23.2 Å². The van der Waals surface area contributed by atoms with Crippen molar-refractivity contribution in [2.75, 3.05) is 25.1 Å². The van der Waals surface area contributed by atoms with Crippen LogP contribution in [-0.4, -0.2) is 61.4 Å². The van der Waals surface area contributed by atoms with E-state index in [2.05, 4.69) is 15.2 Å². The number of carbonyl (C=O) groups excluding carboxylic acids is 1. The molecule has 3 rings (SSSR count). The quantitative estimate of drug-likeness (QED) is 0.740. The predicted molar refractivity (Wildman–Crippen MR) is 84.7 cm³/mol. The monoisotopic (exact) mass is 344 g/mol. The number of rotatable bonds is 2. The summed E-state index contributed by atoms with van der Waals surface area (Å²) in [6.45, 7) is 1.74. The van der Waals surface area contributed by atoms with Crippen LogP contribution in [0, 0.1) is 0 Å². The van der Waals surface area contributed by atoms with Gasteiger partial charge in [0.2, 0.25) is 0 Å². The molecule has 0 unspecified atom stereocenters. The average Bonchev–Trinajstić information content (AvgIpc) is 2.85. The van der Waals surface area contributed by atoms with Crippen LogP contribution < -0.4 is 11.1 Å². The molecule has 2 atom stereocenters. The van der Waals surface area contributed by atoms with Crippen LogP contribution in [0.1, 0.15) is 26.8 Å². The molecule has 9 heteroatoms. The average molecular weight is 344 g/mol. The summed E-state index contributed by atoms with van der Waals surface area (Å²) in [6.07, 6.45) is 1.22. The standard InChI is InChI=1S/C13H20N4O3S2/c1-17-4-2-9-11(6-17)21-13(16-9)12(18)15-10-7-22(19,20)5-3-8(10)14/h8,10H,2-7,14H2,1H3,(H,15,18)/t8-,10-/m0/s1. The number of nitrogens with zero attached hydrogens (tertiary/aromatic N) is 2. The second kappa shape index (κ2) is 5.88. The minimum atomic E-state index is -3.12. The number of nitrogens with one attached hydrogen (secondary N) is 1. The van der Waals surface area contributed by atoms with Crippen LogP contribution in [-0.2, 0) is 22.8 Å². The number of carbonyl (C=O) groups is 1. The van der Waals surface area contributed by atoms with E-state index in [-0.39, 0.29) is 23.5 Å². The third-order valence-corrected chi connectivity index (χ3v) is 6.95. The lowest BCUT2D eigenvalue weighted by Crippen LogP contribution is -2.55. The molecule has 1 aromatic heterocycles. The maximum atomic E-state index is 12.3. The maximum absolute atomic E-state index is 12.3. The van der Waals surface area contributed by atoms with E-state index in [0.29, 0.717) is 11.4 Å². The molecule has 1 fully saturated rings. The van der Waals surface area contributed by atoms with Crippen molar-refractivity contribution in [1.82, 2.24) is 15.2 Å². The number of likely N-dealkylation sites (N-methyl/N-ethyl adjacent to an activating group) is 1. The topological polar surface area (TPSA) is 105 Å². The van der Waals surface area contributed by atoms with Crippen LogP contribution in [0.3, 0.4) is 0 Å². The van der Waals surface area contributed by atoms with Crippen molar-refractivity contribution >= 4 is 27.1 Å². The van der Waals surface area contributed by atoms with Crippen LogP contribution in [0.15, 0.2) is 0 Å². The molecule has 0 saturated carbocycles. The number of amides is 1. The third-order valence-electron chi connectivity index (χ3n) is 4.15. The first-order chi connectivity index (χ1) is 10.3. The third kappa shape index (κ3) is 3.32. The first kappa shape index (κ1) is 15.9. The Morgan fingerprint density at radius 2 is 2.27 bits per heavy atom. The van der Waals surface area contributed by atoms with Crippen molar-refractivity contribution in [2.24, 2.45) is 5.73 Å². The molecule has 0 bridgehead atoms. The lowest BCUT2D eigenvalue weighted by molar-refractivity contribution is 0.0933. The van der Waals surface area contributed by atoms with E-state index in [9.17, 15) is 13.2 Å². The van der Waals surface area contributed by atoms with Gasteiger partial charge >= 0.3 is 0 Å². The highest BCUT2D eigenvalue weighted by atomic mass is 32.2. The Balaban J connectivity index is 1.72. The van der Waals surface area contributed by atoms with Gasteiger partial charge in [0, 0.05) is 30.4 Å². The molecule has 0 radical (unpaired) electrons. The zero-order valence-electron chi connectivity index (χ0n) is 12.4. The van der Waals surface area contributed by atoms with Crippen molar-refractivity contribution in [1.29, 1.82) is 0 Å². The van der Waals surface area contributed by atoms with Gasteiger partial charge in [-0.15, -0.1) is 11.3 Å². The summed E-state index contributed by atoms with van der Waals surface area (Å²) < 4.78 is 23.4. The number of aromatic nitrogens is 1. The summed E-state index contributed by atoms with van der Waals surface area (Å²) in [7, 11) is -1.08. The summed E-state index contributed by atoms with van der Waals surface area (Å²) in [5, 5.41) is 3.15. The molecular weight excluding hydrogens is 324 g/mol. The molecule has 0 spiro atoms. The van der Waals surface area contributed by atoms with Crippen molar-refractivity contribution in [3.05, 3.63) is 15.6 Å². The summed E-state index contributed by atoms with van der Waals surface area (Å²) in [6, 6.07) is -0.858. The zero-order chi connectivity index (χ0) is 15.9. The van der Waals surface area contributed by atoms with Crippen LogP contribution in [0.25, 0.3) is 0 Å². The Kier molecular flexibility index (Phi) is 4.23. The molecule has 1 saturated heterocycles. The number of sulfone groups is 1. The van der Waals surface area contributed by atoms with E-state index in [4.69, 9.17) is 5.73 Å². The summed E-state index contributed by atoms with van der Waals surface area (Å²) in [4.78, 5) is 20.0. The van der Waals surface area contributed by atoms with E-state index >= 15 is 0 Å². The maximum Gasteiger partial charge on any atom is 0.280 e. The lowest BCUT2D eigenvalue weighted by Gasteiger charge is -2.28. The number of nitrogens with two attached hydrogens (primary N) is 1.